The lowest BCUT2D eigenvalue weighted by molar-refractivity contribution is 0.669. The van der Waals surface area contributed by atoms with Crippen molar-refractivity contribution in [1.82, 2.24) is 0 Å². The molecule has 0 N–H and O–H groups in total. The third-order valence-corrected chi connectivity index (χ3v) is 13.3. The van der Waals surface area contributed by atoms with Gasteiger partial charge in [-0.05, 0) is 126 Å². The minimum absolute atomic E-state index is 0.446. The highest BCUT2D eigenvalue weighted by Crippen LogP contribution is 2.63. The molecule has 1 heterocycles. The highest BCUT2D eigenvalue weighted by Gasteiger charge is 2.51. The summed E-state index contributed by atoms with van der Waals surface area (Å²) < 4.78 is 6.36. The van der Waals surface area contributed by atoms with Crippen LogP contribution in [-0.2, 0) is 5.41 Å². The van der Waals surface area contributed by atoms with E-state index < -0.39 is 5.41 Å². The molecule has 0 aliphatic heterocycles. The summed E-state index contributed by atoms with van der Waals surface area (Å²) in [6, 6.07) is 82.3. The van der Waals surface area contributed by atoms with Crippen LogP contribution in [0.1, 0.15) is 22.3 Å². The molecule has 2 aliphatic rings. The van der Waals surface area contributed by atoms with Crippen LogP contribution in [0.5, 0.6) is 0 Å². The molecule has 1 aromatic heterocycles. The molecule has 0 radical (unpaired) electrons. The Kier molecular flexibility index (Phi) is 7.26. The summed E-state index contributed by atoms with van der Waals surface area (Å²) in [4.78, 5) is 2.44. The Hall–Kier alpha value is -7.94. The molecule has 0 amide bonds. The van der Waals surface area contributed by atoms with Crippen molar-refractivity contribution in [2.24, 2.45) is 0 Å². The number of hydrogen-bond acceptors (Lipinski definition) is 2. The van der Waals surface area contributed by atoms with Crippen molar-refractivity contribution in [3.05, 3.63) is 247 Å². The second kappa shape index (κ2) is 13.0. The third kappa shape index (κ3) is 4.85. The zero-order valence-electron chi connectivity index (χ0n) is 33.2. The fourth-order valence-corrected chi connectivity index (χ4v) is 10.8. The topological polar surface area (TPSA) is 16.4 Å². The average molecular weight is 776 g/mol. The zero-order valence-corrected chi connectivity index (χ0v) is 33.2. The largest absolute Gasteiger partial charge is 0.456 e. The van der Waals surface area contributed by atoms with E-state index in [9.17, 15) is 0 Å². The van der Waals surface area contributed by atoms with Crippen LogP contribution in [0.2, 0.25) is 0 Å². The van der Waals surface area contributed by atoms with Gasteiger partial charge in [0.1, 0.15) is 11.2 Å². The number of nitrogens with zero attached hydrogens (tertiary/aromatic N) is 1. The Morgan fingerprint density at radius 2 is 0.836 bits per heavy atom. The maximum Gasteiger partial charge on any atom is 0.136 e. The number of hydrogen-bond donors (Lipinski definition) is 0. The monoisotopic (exact) mass is 775 g/mol. The molecule has 0 saturated carbocycles. The number of fused-ring (bicyclic) bond motifs is 14. The first-order chi connectivity index (χ1) is 30.3. The van der Waals surface area contributed by atoms with E-state index in [-0.39, 0.29) is 0 Å². The molecule has 2 nitrogen and oxygen atoms in total. The van der Waals surface area contributed by atoms with Gasteiger partial charge in [0.2, 0.25) is 0 Å². The van der Waals surface area contributed by atoms with Crippen LogP contribution in [0, 0.1) is 0 Å². The van der Waals surface area contributed by atoms with Gasteiger partial charge in [-0.1, -0.05) is 176 Å². The van der Waals surface area contributed by atoms with Gasteiger partial charge in [-0.3, -0.25) is 0 Å². The standard InChI is InChI=1S/C59H37NO/c1-2-18-44-38(14-1)15-12-23-45(44)39-30-32-41(33-31-39)60(42-17-11-16-40(36-42)46-24-13-29-57-58(46)51-22-6-10-28-56(51)61-57)43-34-35-50-49-21-5-9-27-54(49)59(55(50)37-43)52-25-7-3-19-47(52)48-20-4-8-26-53(48)59/h1-37H. The van der Waals surface area contributed by atoms with Crippen molar-refractivity contribution < 1.29 is 4.42 Å². The summed E-state index contributed by atoms with van der Waals surface area (Å²) in [5.41, 5.74) is 19.9. The van der Waals surface area contributed by atoms with Crippen molar-refractivity contribution in [2.75, 3.05) is 4.90 Å². The highest BCUT2D eigenvalue weighted by molar-refractivity contribution is 6.12. The molecule has 0 fully saturated rings. The van der Waals surface area contributed by atoms with Crippen LogP contribution < -0.4 is 4.90 Å². The number of benzene rings is 10. The van der Waals surface area contributed by atoms with E-state index in [1.165, 1.54) is 66.4 Å². The molecule has 0 unspecified atom stereocenters. The molecule has 284 valence electrons. The Morgan fingerprint density at radius 1 is 0.311 bits per heavy atom. The Morgan fingerprint density at radius 3 is 1.59 bits per heavy atom. The fourth-order valence-electron chi connectivity index (χ4n) is 10.8. The molecule has 0 saturated heterocycles. The van der Waals surface area contributed by atoms with Gasteiger partial charge >= 0.3 is 0 Å². The molecule has 11 aromatic rings. The smallest absolute Gasteiger partial charge is 0.136 e. The van der Waals surface area contributed by atoms with E-state index >= 15 is 0 Å². The van der Waals surface area contributed by atoms with E-state index in [1.54, 1.807) is 0 Å². The highest BCUT2D eigenvalue weighted by atomic mass is 16.3. The molecule has 2 heteroatoms. The first-order valence-electron chi connectivity index (χ1n) is 21.1. The Bertz CT molecular complexity index is 3490. The molecule has 10 aromatic carbocycles. The first-order valence-corrected chi connectivity index (χ1v) is 21.1. The number of furan rings is 1. The zero-order chi connectivity index (χ0) is 40.1. The predicted molar refractivity (Wildman–Crippen MR) is 253 cm³/mol. The van der Waals surface area contributed by atoms with Gasteiger partial charge < -0.3 is 9.32 Å². The average Bonchev–Trinajstić information content (AvgIpc) is 3.96. The third-order valence-electron chi connectivity index (χ3n) is 13.3. The van der Waals surface area contributed by atoms with Crippen molar-refractivity contribution in [2.45, 2.75) is 5.41 Å². The second-order valence-corrected chi connectivity index (χ2v) is 16.4. The lowest BCUT2D eigenvalue weighted by Gasteiger charge is -2.32. The van der Waals surface area contributed by atoms with Crippen molar-refractivity contribution >= 4 is 49.8 Å². The van der Waals surface area contributed by atoms with E-state index in [0.29, 0.717) is 0 Å². The molecule has 13 rings (SSSR count). The van der Waals surface area contributed by atoms with E-state index in [2.05, 4.69) is 223 Å². The summed E-state index contributed by atoms with van der Waals surface area (Å²) in [6.07, 6.45) is 0. The SMILES string of the molecule is c1cc(-c2cccc3oc4ccccc4c23)cc(N(c2ccc(-c3cccc4ccccc34)cc2)c2ccc3c(c2)C2(c4ccccc4-c4ccccc42)c2ccccc2-3)c1. The van der Waals surface area contributed by atoms with Gasteiger partial charge in [0.15, 0.2) is 0 Å². The quantitative estimate of drug-likeness (QED) is 0.173. The second-order valence-electron chi connectivity index (χ2n) is 16.4. The van der Waals surface area contributed by atoms with Crippen molar-refractivity contribution in [3.8, 4) is 44.5 Å². The van der Waals surface area contributed by atoms with E-state index in [4.69, 9.17) is 4.42 Å². The van der Waals surface area contributed by atoms with Gasteiger partial charge in [0.05, 0.1) is 5.41 Å². The number of anilines is 3. The summed E-state index contributed by atoms with van der Waals surface area (Å²) in [5.74, 6) is 0. The van der Waals surface area contributed by atoms with Crippen molar-refractivity contribution in [1.29, 1.82) is 0 Å². The van der Waals surface area contributed by atoms with Crippen molar-refractivity contribution in [3.63, 3.8) is 0 Å². The summed E-state index contributed by atoms with van der Waals surface area (Å²) in [5, 5.41) is 4.76. The van der Waals surface area contributed by atoms with Gasteiger partial charge in [0, 0.05) is 27.8 Å². The maximum atomic E-state index is 6.36. The van der Waals surface area contributed by atoms with Gasteiger partial charge in [-0.25, -0.2) is 0 Å². The summed E-state index contributed by atoms with van der Waals surface area (Å²) in [6.45, 7) is 0. The Labute approximate surface area is 354 Å². The van der Waals surface area contributed by atoms with Gasteiger partial charge in [0.25, 0.3) is 0 Å². The molecule has 0 atom stereocenters. The maximum absolute atomic E-state index is 6.36. The number of para-hydroxylation sites is 1. The predicted octanol–water partition coefficient (Wildman–Crippen LogP) is 15.9. The van der Waals surface area contributed by atoms with E-state index in [0.717, 1.165) is 50.1 Å². The van der Waals surface area contributed by atoms with Crippen LogP contribution in [0.4, 0.5) is 17.1 Å². The van der Waals surface area contributed by atoms with Gasteiger partial charge in [-0.2, -0.15) is 0 Å². The fraction of sp³-hybridized carbons (Fsp3) is 0.0169. The minimum atomic E-state index is -0.446. The van der Waals surface area contributed by atoms with E-state index in [1.807, 2.05) is 6.07 Å². The van der Waals surface area contributed by atoms with Crippen LogP contribution >= 0.6 is 0 Å². The molecular formula is C59H37NO. The molecule has 61 heavy (non-hydrogen) atoms. The van der Waals surface area contributed by atoms with Crippen LogP contribution in [0.3, 0.4) is 0 Å². The number of rotatable bonds is 5. The van der Waals surface area contributed by atoms with Crippen LogP contribution in [0.15, 0.2) is 229 Å². The van der Waals surface area contributed by atoms with Gasteiger partial charge in [-0.15, -0.1) is 0 Å². The lowest BCUT2D eigenvalue weighted by Crippen LogP contribution is -2.26. The molecule has 1 spiro atoms. The summed E-state index contributed by atoms with van der Waals surface area (Å²) in [7, 11) is 0. The Balaban J connectivity index is 1.04. The first kappa shape index (κ1) is 34.0. The molecular weight excluding hydrogens is 739 g/mol. The lowest BCUT2D eigenvalue weighted by atomic mass is 9.70. The normalized spacial score (nSPS) is 13.0. The van der Waals surface area contributed by atoms with Crippen LogP contribution in [0.25, 0.3) is 77.2 Å². The molecule has 2 aliphatic carbocycles. The van der Waals surface area contributed by atoms with Crippen LogP contribution in [-0.4, -0.2) is 0 Å². The molecule has 0 bridgehead atoms. The summed E-state index contributed by atoms with van der Waals surface area (Å²) >= 11 is 0. The minimum Gasteiger partial charge on any atom is -0.456 e.